The number of carboxylic acids is 1. The molecule has 1 aliphatic rings. The highest BCUT2D eigenvalue weighted by Crippen LogP contribution is 2.41. The SMILES string of the molecule is O=C(O)[C@@H]1C[C@@H]1Cc1ccc(Cl)cc1. The van der Waals surface area contributed by atoms with E-state index in [4.69, 9.17) is 16.7 Å². The molecule has 74 valence electrons. The van der Waals surface area contributed by atoms with Gasteiger partial charge in [0, 0.05) is 5.02 Å². The van der Waals surface area contributed by atoms with Crippen molar-refractivity contribution in [3.8, 4) is 0 Å². The highest BCUT2D eigenvalue weighted by Gasteiger charge is 2.42. The molecule has 1 fully saturated rings. The quantitative estimate of drug-likeness (QED) is 0.833. The van der Waals surface area contributed by atoms with Crippen LogP contribution in [-0.4, -0.2) is 11.1 Å². The lowest BCUT2D eigenvalue weighted by molar-refractivity contribution is -0.138. The van der Waals surface area contributed by atoms with Crippen LogP contribution in [0.4, 0.5) is 0 Å². The summed E-state index contributed by atoms with van der Waals surface area (Å²) in [5.74, 6) is -0.455. The zero-order chi connectivity index (χ0) is 10.1. The molecular weight excluding hydrogens is 200 g/mol. The molecule has 1 N–H and O–H groups in total. The van der Waals surface area contributed by atoms with Crippen LogP contribution in [0.2, 0.25) is 5.02 Å². The minimum atomic E-state index is -0.663. The molecule has 3 heteroatoms. The minimum absolute atomic E-state index is 0.120. The van der Waals surface area contributed by atoms with Crippen molar-refractivity contribution in [3.63, 3.8) is 0 Å². The molecule has 0 saturated heterocycles. The van der Waals surface area contributed by atoms with Crippen molar-refractivity contribution in [1.29, 1.82) is 0 Å². The van der Waals surface area contributed by atoms with Crippen molar-refractivity contribution in [2.75, 3.05) is 0 Å². The number of aliphatic carboxylic acids is 1. The fourth-order valence-electron chi connectivity index (χ4n) is 1.70. The van der Waals surface area contributed by atoms with Gasteiger partial charge in [-0.05, 0) is 36.5 Å². The van der Waals surface area contributed by atoms with Crippen molar-refractivity contribution in [2.45, 2.75) is 12.8 Å². The Balaban J connectivity index is 1.94. The molecule has 0 spiro atoms. The van der Waals surface area contributed by atoms with Gasteiger partial charge in [0.05, 0.1) is 5.92 Å². The summed E-state index contributed by atoms with van der Waals surface area (Å²) < 4.78 is 0. The lowest BCUT2D eigenvalue weighted by Gasteiger charge is -1.99. The van der Waals surface area contributed by atoms with E-state index < -0.39 is 5.97 Å². The molecule has 0 radical (unpaired) electrons. The van der Waals surface area contributed by atoms with Crippen LogP contribution >= 0.6 is 11.6 Å². The summed E-state index contributed by atoms with van der Waals surface area (Å²) in [4.78, 5) is 10.6. The summed E-state index contributed by atoms with van der Waals surface area (Å²) >= 11 is 5.75. The van der Waals surface area contributed by atoms with E-state index >= 15 is 0 Å². The topological polar surface area (TPSA) is 37.3 Å². The van der Waals surface area contributed by atoms with E-state index in [1.807, 2.05) is 24.3 Å². The third-order valence-electron chi connectivity index (χ3n) is 2.65. The second kappa shape index (κ2) is 3.62. The first kappa shape index (κ1) is 9.53. The van der Waals surface area contributed by atoms with E-state index in [0.29, 0.717) is 5.92 Å². The Morgan fingerprint density at radius 1 is 1.43 bits per heavy atom. The number of carbonyl (C=O) groups is 1. The predicted molar refractivity (Wildman–Crippen MR) is 54.4 cm³/mol. The van der Waals surface area contributed by atoms with E-state index in [1.165, 1.54) is 5.56 Å². The molecule has 2 atom stereocenters. The van der Waals surface area contributed by atoms with E-state index in [1.54, 1.807) is 0 Å². The molecule has 0 amide bonds. The maximum Gasteiger partial charge on any atom is 0.306 e. The van der Waals surface area contributed by atoms with Crippen LogP contribution in [0.1, 0.15) is 12.0 Å². The zero-order valence-corrected chi connectivity index (χ0v) is 8.37. The number of halogens is 1. The molecule has 1 aliphatic carbocycles. The number of benzene rings is 1. The van der Waals surface area contributed by atoms with Crippen molar-refractivity contribution >= 4 is 17.6 Å². The summed E-state index contributed by atoms with van der Waals surface area (Å²) in [7, 11) is 0. The van der Waals surface area contributed by atoms with Crippen LogP contribution in [0.3, 0.4) is 0 Å². The summed E-state index contributed by atoms with van der Waals surface area (Å²) in [5, 5.41) is 9.45. The largest absolute Gasteiger partial charge is 0.481 e. The molecule has 2 nitrogen and oxygen atoms in total. The monoisotopic (exact) mass is 210 g/mol. The van der Waals surface area contributed by atoms with Gasteiger partial charge in [-0.25, -0.2) is 0 Å². The molecule has 0 unspecified atom stereocenters. The smallest absolute Gasteiger partial charge is 0.306 e. The molecule has 0 heterocycles. The lowest BCUT2D eigenvalue weighted by Crippen LogP contribution is -2.00. The van der Waals surface area contributed by atoms with Gasteiger partial charge in [0.15, 0.2) is 0 Å². The van der Waals surface area contributed by atoms with Crippen LogP contribution in [0.15, 0.2) is 24.3 Å². The molecule has 0 bridgehead atoms. The van der Waals surface area contributed by atoms with Gasteiger partial charge in [-0.15, -0.1) is 0 Å². The van der Waals surface area contributed by atoms with E-state index in [9.17, 15) is 4.79 Å². The number of hydrogen-bond donors (Lipinski definition) is 1. The Labute approximate surface area is 87.5 Å². The lowest BCUT2D eigenvalue weighted by atomic mass is 10.1. The van der Waals surface area contributed by atoms with Crippen LogP contribution < -0.4 is 0 Å². The van der Waals surface area contributed by atoms with Gasteiger partial charge in [0.2, 0.25) is 0 Å². The van der Waals surface area contributed by atoms with Crippen LogP contribution in [-0.2, 0) is 11.2 Å². The first-order chi connectivity index (χ1) is 6.66. The first-order valence-electron chi connectivity index (χ1n) is 4.64. The van der Waals surface area contributed by atoms with E-state index in [-0.39, 0.29) is 5.92 Å². The molecule has 1 aromatic carbocycles. The molecule has 1 aromatic rings. The fraction of sp³-hybridized carbons (Fsp3) is 0.364. The highest BCUT2D eigenvalue weighted by molar-refractivity contribution is 6.30. The van der Waals surface area contributed by atoms with Gasteiger partial charge in [-0.2, -0.15) is 0 Å². The Morgan fingerprint density at radius 3 is 2.57 bits per heavy atom. The maximum absolute atomic E-state index is 10.6. The van der Waals surface area contributed by atoms with Crippen molar-refractivity contribution < 1.29 is 9.90 Å². The van der Waals surface area contributed by atoms with Crippen molar-refractivity contribution in [2.24, 2.45) is 11.8 Å². The molecule has 14 heavy (non-hydrogen) atoms. The van der Waals surface area contributed by atoms with Gasteiger partial charge >= 0.3 is 5.97 Å². The summed E-state index contributed by atoms with van der Waals surface area (Å²) in [6.07, 6.45) is 1.67. The third-order valence-corrected chi connectivity index (χ3v) is 2.90. The number of carboxylic acid groups (broad SMARTS) is 1. The zero-order valence-electron chi connectivity index (χ0n) is 7.61. The maximum atomic E-state index is 10.6. The standard InChI is InChI=1S/C11H11ClO2/c12-9-3-1-7(2-4-9)5-8-6-10(8)11(13)14/h1-4,8,10H,5-6H2,(H,13,14)/t8-,10+/m0/s1. The normalized spacial score (nSPS) is 24.6. The van der Waals surface area contributed by atoms with Gasteiger partial charge < -0.3 is 5.11 Å². The van der Waals surface area contributed by atoms with Gasteiger partial charge in [-0.3, -0.25) is 4.79 Å². The molecule has 2 rings (SSSR count). The summed E-state index contributed by atoms with van der Waals surface area (Å²) in [6, 6.07) is 7.60. The highest BCUT2D eigenvalue weighted by atomic mass is 35.5. The van der Waals surface area contributed by atoms with Gasteiger partial charge in [0.25, 0.3) is 0 Å². The van der Waals surface area contributed by atoms with Gasteiger partial charge in [-0.1, -0.05) is 23.7 Å². The van der Waals surface area contributed by atoms with Gasteiger partial charge in [0.1, 0.15) is 0 Å². The van der Waals surface area contributed by atoms with Crippen LogP contribution in [0.5, 0.6) is 0 Å². The minimum Gasteiger partial charge on any atom is -0.481 e. The van der Waals surface area contributed by atoms with Crippen molar-refractivity contribution in [1.82, 2.24) is 0 Å². The number of hydrogen-bond acceptors (Lipinski definition) is 1. The summed E-state index contributed by atoms with van der Waals surface area (Å²) in [6.45, 7) is 0. The molecule has 0 aromatic heterocycles. The second-order valence-electron chi connectivity index (χ2n) is 3.77. The fourth-order valence-corrected chi connectivity index (χ4v) is 1.82. The predicted octanol–water partition coefficient (Wildman–Crippen LogP) is 2.60. The summed E-state index contributed by atoms with van der Waals surface area (Å²) in [5.41, 5.74) is 1.17. The molecular formula is C11H11ClO2. The second-order valence-corrected chi connectivity index (χ2v) is 4.21. The first-order valence-corrected chi connectivity index (χ1v) is 5.02. The Hall–Kier alpha value is -1.02. The Kier molecular flexibility index (Phi) is 2.46. The average molecular weight is 211 g/mol. The van der Waals surface area contributed by atoms with E-state index in [2.05, 4.69) is 0 Å². The Morgan fingerprint density at radius 2 is 2.07 bits per heavy atom. The third kappa shape index (κ3) is 2.07. The van der Waals surface area contributed by atoms with Crippen molar-refractivity contribution in [3.05, 3.63) is 34.9 Å². The van der Waals surface area contributed by atoms with Crippen LogP contribution in [0.25, 0.3) is 0 Å². The molecule has 0 aliphatic heterocycles. The van der Waals surface area contributed by atoms with Crippen LogP contribution in [0, 0.1) is 11.8 Å². The average Bonchev–Trinajstić information content (AvgIpc) is 2.88. The number of rotatable bonds is 3. The Bertz CT molecular complexity index is 345. The molecule has 1 saturated carbocycles. The van der Waals surface area contributed by atoms with E-state index in [0.717, 1.165) is 17.9 Å².